The summed E-state index contributed by atoms with van der Waals surface area (Å²) in [4.78, 5) is 45.9. The number of carbonyl (C=O) groups is 3. The van der Waals surface area contributed by atoms with Crippen molar-refractivity contribution in [1.29, 1.82) is 0 Å². The van der Waals surface area contributed by atoms with Crippen LogP contribution in [0.4, 0.5) is 5.69 Å². The van der Waals surface area contributed by atoms with Gasteiger partial charge in [-0.2, -0.15) is 16.8 Å². The van der Waals surface area contributed by atoms with Gasteiger partial charge >= 0.3 is 5.97 Å². The minimum atomic E-state index is -5.06. The normalized spacial score (nSPS) is 16.9. The Kier molecular flexibility index (Phi) is 16.4. The Labute approximate surface area is 398 Å². The second-order valence-corrected chi connectivity index (χ2v) is 23.5. The number of rotatable bonds is 21. The number of carbonyl (C=O) groups excluding carboxylic acids is 3. The predicted molar refractivity (Wildman–Crippen MR) is 258 cm³/mol. The molecule has 1 atom stereocenters. The van der Waals surface area contributed by atoms with Crippen LogP contribution in [-0.2, 0) is 55.4 Å². The molecule has 3 aromatic carbocycles. The highest BCUT2D eigenvalue weighted by molar-refractivity contribution is 7.86. The number of allylic oxidation sites excluding steroid dienone is 6. The van der Waals surface area contributed by atoms with E-state index in [1.54, 1.807) is 12.1 Å². The number of anilines is 1. The molecule has 3 aromatic rings. The van der Waals surface area contributed by atoms with Crippen LogP contribution in [0, 0.1) is 0 Å². The van der Waals surface area contributed by atoms with Gasteiger partial charge in [0, 0.05) is 57.0 Å². The highest BCUT2D eigenvalue weighted by Crippen LogP contribution is 2.43. The monoisotopic (exact) mass is 989 g/mol. The van der Waals surface area contributed by atoms with Gasteiger partial charge in [-0.15, -0.1) is 11.6 Å². The van der Waals surface area contributed by atoms with Crippen molar-refractivity contribution < 1.29 is 63.9 Å². The molecule has 6 rings (SSSR count). The van der Waals surface area contributed by atoms with Crippen LogP contribution in [0.15, 0.2) is 124 Å². The quantitative estimate of drug-likeness (QED) is 0.0653. The maximum atomic E-state index is 15.1. The second-order valence-electron chi connectivity index (χ2n) is 16.8. The average molecular weight is 990 g/mol. The summed E-state index contributed by atoms with van der Waals surface area (Å²) in [6.07, 6.45) is 6.88. The lowest BCUT2D eigenvalue weighted by Crippen LogP contribution is -2.51. The number of ether oxygens (including phenoxy) is 3. The SMILES string of the molecule is C=C[Si]1(C)C2=CC(=[N+](C)C)C=CC2=C(c2ccccc2C(=O)N(CCOCCOCCOCCC(=O)ON2C(=C)CCC2=O)Cc2ccc(S(=O)(=O)O)cc2S(=O)(=O)O)c2ccc(N(C)C)cc21. The molecule has 2 aliphatic heterocycles. The van der Waals surface area contributed by atoms with Crippen LogP contribution in [-0.4, -0.2) is 146 Å². The molecule has 17 nitrogen and oxygen atoms in total. The van der Waals surface area contributed by atoms with Gasteiger partial charge < -0.3 is 28.8 Å². The van der Waals surface area contributed by atoms with Gasteiger partial charge in [0.1, 0.15) is 27.1 Å². The summed E-state index contributed by atoms with van der Waals surface area (Å²) in [5.41, 5.74) is 7.97. The van der Waals surface area contributed by atoms with Gasteiger partial charge in [-0.1, -0.05) is 49.2 Å². The molecule has 2 N–H and O–H groups in total. The molecular formula is C48H57N4O13S2Si+. The van der Waals surface area contributed by atoms with E-state index in [1.165, 1.54) is 4.90 Å². The zero-order chi connectivity index (χ0) is 49.6. The van der Waals surface area contributed by atoms with E-state index in [0.29, 0.717) is 23.7 Å². The van der Waals surface area contributed by atoms with E-state index < -0.39 is 56.5 Å². The Morgan fingerprint density at radius 2 is 1.54 bits per heavy atom. The summed E-state index contributed by atoms with van der Waals surface area (Å²) in [5.74, 6) is -1.47. The summed E-state index contributed by atoms with van der Waals surface area (Å²) in [7, 11) is -4.63. The van der Waals surface area contributed by atoms with Crippen molar-refractivity contribution in [2.24, 2.45) is 0 Å². The largest absolute Gasteiger partial charge is 0.378 e. The first-order valence-electron chi connectivity index (χ1n) is 21.7. The lowest BCUT2D eigenvalue weighted by atomic mass is 9.87. The molecule has 0 aromatic heterocycles. The van der Waals surface area contributed by atoms with Crippen LogP contribution < -0.4 is 10.1 Å². The van der Waals surface area contributed by atoms with Crippen LogP contribution in [0.3, 0.4) is 0 Å². The molecule has 20 heteroatoms. The van der Waals surface area contributed by atoms with Gasteiger partial charge in [-0.25, -0.2) is 9.37 Å². The van der Waals surface area contributed by atoms with E-state index in [1.807, 2.05) is 61.9 Å². The Hall–Kier alpha value is -5.84. The van der Waals surface area contributed by atoms with Crippen molar-refractivity contribution in [3.8, 4) is 0 Å². The predicted octanol–water partition coefficient (Wildman–Crippen LogP) is 4.50. The molecule has 1 saturated heterocycles. The lowest BCUT2D eigenvalue weighted by Gasteiger charge is -2.39. The Balaban J connectivity index is 1.25. The van der Waals surface area contributed by atoms with Gasteiger partial charge in [-0.3, -0.25) is 18.7 Å². The molecule has 1 aliphatic carbocycles. The molecule has 3 aliphatic rings. The molecule has 362 valence electrons. The average Bonchev–Trinajstić information content (AvgIpc) is 3.61. The van der Waals surface area contributed by atoms with Crippen LogP contribution in [0.2, 0.25) is 6.55 Å². The zero-order valence-electron chi connectivity index (χ0n) is 38.8. The van der Waals surface area contributed by atoms with Crippen molar-refractivity contribution in [1.82, 2.24) is 9.96 Å². The van der Waals surface area contributed by atoms with Crippen molar-refractivity contribution in [3.63, 3.8) is 0 Å². The Morgan fingerprint density at radius 3 is 2.16 bits per heavy atom. The lowest BCUT2D eigenvalue weighted by molar-refractivity contribution is -0.462. The highest BCUT2D eigenvalue weighted by atomic mass is 32.2. The molecule has 0 radical (unpaired) electrons. The standard InChI is InChI=1S/C48H56N4O13S2Si/c1-8-68(7)43-29-35(49(3)4)15-18-40(43)47(41-19-16-36(50(5)6)30-44(41)68)38-11-9-10-12-39(38)48(55)51(32-34-14-17-37(66(56,57)58)31-42(34)67(59,60)61)22-24-63-26-28-64-27-25-62-23-21-46(54)65-52-33(2)13-20-45(52)53/h8-12,14-19,29-31H,1-2,13,20-28,32H2,3-7H3,(H-,56,57,58,59,60,61)/p+1. The maximum absolute atomic E-state index is 15.1. The fourth-order valence-corrected chi connectivity index (χ4v) is 12.5. The fourth-order valence-electron chi connectivity index (χ4n) is 8.06. The first-order chi connectivity index (χ1) is 32.1. The van der Waals surface area contributed by atoms with Gasteiger partial charge in [0.2, 0.25) is 0 Å². The third-order valence-corrected chi connectivity index (χ3v) is 17.5. The Morgan fingerprint density at radius 1 is 0.868 bits per heavy atom. The van der Waals surface area contributed by atoms with Crippen molar-refractivity contribution in [3.05, 3.63) is 136 Å². The minimum absolute atomic E-state index is 0.0427. The summed E-state index contributed by atoms with van der Waals surface area (Å²) in [6.45, 7) is 10.4. The topological polar surface area (TPSA) is 210 Å². The summed E-state index contributed by atoms with van der Waals surface area (Å²) in [5, 5.41) is 3.13. The fraction of sp³-hybridized carbons (Fsp3) is 0.333. The Bertz CT molecular complexity index is 2850. The number of hydroxylamine groups is 2. The van der Waals surface area contributed by atoms with E-state index >= 15 is 4.79 Å². The molecule has 2 heterocycles. The van der Waals surface area contributed by atoms with Crippen LogP contribution in [0.1, 0.15) is 46.3 Å². The van der Waals surface area contributed by atoms with Crippen molar-refractivity contribution >= 4 is 68.3 Å². The molecule has 1 unspecified atom stereocenters. The van der Waals surface area contributed by atoms with Crippen LogP contribution in [0.5, 0.6) is 0 Å². The third-order valence-electron chi connectivity index (χ3n) is 11.8. The van der Waals surface area contributed by atoms with E-state index in [-0.39, 0.29) is 76.1 Å². The van der Waals surface area contributed by atoms with E-state index in [2.05, 4.69) is 49.7 Å². The molecule has 0 saturated carbocycles. The van der Waals surface area contributed by atoms with Gasteiger partial charge in [0.05, 0.1) is 56.7 Å². The maximum Gasteiger partial charge on any atom is 0.335 e. The minimum Gasteiger partial charge on any atom is -0.378 e. The molecule has 0 bridgehead atoms. The van der Waals surface area contributed by atoms with Gasteiger partial charge in [0.15, 0.2) is 5.71 Å². The van der Waals surface area contributed by atoms with E-state index in [9.17, 15) is 35.5 Å². The molecule has 0 spiro atoms. The summed E-state index contributed by atoms with van der Waals surface area (Å²) < 4.78 is 88.3. The van der Waals surface area contributed by atoms with Crippen molar-refractivity contribution in [2.45, 2.75) is 42.1 Å². The molecule has 68 heavy (non-hydrogen) atoms. The molecule has 2 amide bonds. The number of nitrogens with zero attached hydrogens (tertiary/aromatic N) is 4. The summed E-state index contributed by atoms with van der Waals surface area (Å²) >= 11 is 0. The first-order valence-corrected chi connectivity index (χ1v) is 27.2. The van der Waals surface area contributed by atoms with E-state index in [0.717, 1.165) is 55.7 Å². The molecular weight excluding hydrogens is 933 g/mol. The second kappa shape index (κ2) is 21.6. The van der Waals surface area contributed by atoms with Gasteiger partial charge in [0.25, 0.3) is 32.1 Å². The smallest absolute Gasteiger partial charge is 0.335 e. The zero-order valence-corrected chi connectivity index (χ0v) is 41.4. The number of hydrogen-bond donors (Lipinski definition) is 2. The van der Waals surface area contributed by atoms with Crippen LogP contribution in [0.25, 0.3) is 5.57 Å². The third kappa shape index (κ3) is 11.7. The molecule has 1 fully saturated rings. The number of amides is 2. The van der Waals surface area contributed by atoms with Crippen molar-refractivity contribution in [2.75, 3.05) is 79.3 Å². The summed E-state index contributed by atoms with van der Waals surface area (Å²) in [6, 6.07) is 16.2. The number of benzene rings is 3. The van der Waals surface area contributed by atoms with Crippen LogP contribution >= 0.6 is 0 Å². The number of fused-ring (bicyclic) bond motifs is 2. The highest BCUT2D eigenvalue weighted by Gasteiger charge is 2.43. The van der Waals surface area contributed by atoms with Gasteiger partial charge in [-0.05, 0) is 81.0 Å². The van der Waals surface area contributed by atoms with E-state index in [4.69, 9.17) is 19.0 Å². The number of hydrogen-bond acceptors (Lipinski definition) is 12. The first kappa shape index (κ1) is 51.5.